The Morgan fingerprint density at radius 1 is 1.11 bits per heavy atom. The lowest BCUT2D eigenvalue weighted by Crippen LogP contribution is -2.34. The van der Waals surface area contributed by atoms with Crippen LogP contribution in [-0.4, -0.2) is 32.6 Å². The van der Waals surface area contributed by atoms with Crippen molar-refractivity contribution < 1.29 is 18.1 Å². The van der Waals surface area contributed by atoms with E-state index in [-0.39, 0.29) is 11.6 Å². The molecule has 3 heterocycles. The highest BCUT2D eigenvalue weighted by Gasteiger charge is 2.34. The van der Waals surface area contributed by atoms with Gasteiger partial charge in [0.05, 0.1) is 10.5 Å². The van der Waals surface area contributed by atoms with Gasteiger partial charge in [0.15, 0.2) is 5.65 Å². The Balaban J connectivity index is 1.56. The lowest BCUT2D eigenvalue weighted by Gasteiger charge is -2.32. The van der Waals surface area contributed by atoms with E-state index in [1.807, 2.05) is 28.8 Å². The topological polar surface area (TPSA) is 76.6 Å². The van der Waals surface area contributed by atoms with E-state index >= 15 is 0 Å². The van der Waals surface area contributed by atoms with Gasteiger partial charge in [-0.2, -0.15) is 13.2 Å². The molecular weight excluding hydrogens is 375 g/mol. The fourth-order valence-electron chi connectivity index (χ4n) is 3.63. The molecule has 0 aliphatic carbocycles. The summed E-state index contributed by atoms with van der Waals surface area (Å²) in [5.74, 6) is 0.958. The number of nitrogens with zero attached hydrogens (tertiary/aromatic N) is 5. The van der Waals surface area contributed by atoms with Gasteiger partial charge in [-0.05, 0) is 37.1 Å². The van der Waals surface area contributed by atoms with Crippen LogP contribution in [0.2, 0.25) is 0 Å². The fraction of sp³-hybridized carbons (Fsp3) is 0.333. The number of pyridine rings is 1. The van der Waals surface area contributed by atoms with Crippen molar-refractivity contribution >= 4 is 17.0 Å². The Labute approximate surface area is 157 Å². The van der Waals surface area contributed by atoms with Crippen LogP contribution in [0.15, 0.2) is 42.6 Å². The van der Waals surface area contributed by atoms with Gasteiger partial charge in [-0.1, -0.05) is 6.07 Å². The van der Waals surface area contributed by atoms with E-state index in [0.29, 0.717) is 32.0 Å². The second-order valence-electron chi connectivity index (χ2n) is 6.71. The first-order valence-electron chi connectivity index (χ1n) is 8.75. The van der Waals surface area contributed by atoms with Crippen LogP contribution in [0.25, 0.3) is 5.65 Å². The second kappa shape index (κ2) is 6.77. The molecule has 0 atom stereocenters. The molecule has 1 saturated heterocycles. The summed E-state index contributed by atoms with van der Waals surface area (Å²) in [6.45, 7) is 0.969. The minimum absolute atomic E-state index is 0.127. The summed E-state index contributed by atoms with van der Waals surface area (Å²) in [5, 5.41) is 19.7. The highest BCUT2D eigenvalue weighted by molar-refractivity contribution is 5.65. The van der Waals surface area contributed by atoms with Gasteiger partial charge in [0.25, 0.3) is 5.69 Å². The Morgan fingerprint density at radius 2 is 1.86 bits per heavy atom. The molecule has 0 N–H and O–H groups in total. The first kappa shape index (κ1) is 18.2. The maximum absolute atomic E-state index is 12.9. The number of hydrogen-bond donors (Lipinski definition) is 0. The van der Waals surface area contributed by atoms with E-state index in [2.05, 4.69) is 10.2 Å². The largest absolute Gasteiger partial charge is 0.416 e. The number of hydrogen-bond acceptors (Lipinski definition) is 5. The molecule has 146 valence electrons. The molecule has 0 radical (unpaired) electrons. The van der Waals surface area contributed by atoms with Gasteiger partial charge < -0.3 is 4.90 Å². The summed E-state index contributed by atoms with van der Waals surface area (Å²) in [5.41, 5.74) is -0.588. The molecule has 0 amide bonds. The van der Waals surface area contributed by atoms with Crippen LogP contribution < -0.4 is 4.90 Å². The number of piperidine rings is 1. The molecule has 28 heavy (non-hydrogen) atoms. The average molecular weight is 391 g/mol. The highest BCUT2D eigenvalue weighted by atomic mass is 19.4. The Hall–Kier alpha value is -3.17. The van der Waals surface area contributed by atoms with Crippen LogP contribution in [-0.2, 0) is 6.18 Å². The first-order valence-corrected chi connectivity index (χ1v) is 8.75. The second-order valence-corrected chi connectivity index (χ2v) is 6.71. The van der Waals surface area contributed by atoms with E-state index in [4.69, 9.17) is 0 Å². The van der Waals surface area contributed by atoms with Crippen molar-refractivity contribution in [1.29, 1.82) is 0 Å². The smallest absolute Gasteiger partial charge is 0.366 e. The number of rotatable bonds is 3. The van der Waals surface area contributed by atoms with Gasteiger partial charge in [0.1, 0.15) is 11.5 Å². The van der Waals surface area contributed by atoms with Gasteiger partial charge in [0.2, 0.25) is 0 Å². The third-order valence-electron chi connectivity index (χ3n) is 5.04. The van der Waals surface area contributed by atoms with Crippen molar-refractivity contribution in [1.82, 2.24) is 14.6 Å². The van der Waals surface area contributed by atoms with E-state index in [9.17, 15) is 23.3 Å². The maximum atomic E-state index is 12.9. The third-order valence-corrected chi connectivity index (χ3v) is 5.04. The normalized spacial score (nSPS) is 15.9. The molecule has 0 unspecified atom stereocenters. The Kier molecular flexibility index (Phi) is 4.40. The van der Waals surface area contributed by atoms with Crippen LogP contribution in [0.5, 0.6) is 0 Å². The lowest BCUT2D eigenvalue weighted by atomic mass is 9.95. The Morgan fingerprint density at radius 3 is 2.54 bits per heavy atom. The first-order chi connectivity index (χ1) is 13.3. The number of aromatic nitrogens is 3. The van der Waals surface area contributed by atoms with E-state index in [1.165, 1.54) is 6.07 Å². The van der Waals surface area contributed by atoms with Crippen LogP contribution >= 0.6 is 0 Å². The van der Waals surface area contributed by atoms with Crippen LogP contribution in [0.3, 0.4) is 0 Å². The zero-order valence-corrected chi connectivity index (χ0v) is 14.6. The van der Waals surface area contributed by atoms with Gasteiger partial charge in [0, 0.05) is 31.3 Å². The van der Waals surface area contributed by atoms with Crippen molar-refractivity contribution in [3.8, 4) is 0 Å². The van der Waals surface area contributed by atoms with Gasteiger partial charge in [-0.3, -0.25) is 14.5 Å². The standard InChI is InChI=1S/C18H16F3N5O2/c19-18(20,21)13-4-5-14(15(11-13)26(27)28)24-9-6-12(7-10-24)17-23-22-16-3-1-2-8-25(16)17/h1-5,8,11-12H,6-7,9-10H2. The molecule has 0 bridgehead atoms. The number of anilines is 1. The Bertz CT molecular complexity index is 1030. The molecule has 4 rings (SSSR count). The summed E-state index contributed by atoms with van der Waals surface area (Å²) >= 11 is 0. The molecule has 10 heteroatoms. The number of alkyl halides is 3. The van der Waals surface area contributed by atoms with Gasteiger partial charge >= 0.3 is 6.18 Å². The number of fused-ring (bicyclic) bond motifs is 1. The predicted molar refractivity (Wildman–Crippen MR) is 95.3 cm³/mol. The van der Waals surface area contributed by atoms with Crippen molar-refractivity contribution in [2.45, 2.75) is 24.9 Å². The van der Waals surface area contributed by atoms with Crippen molar-refractivity contribution in [3.05, 3.63) is 64.1 Å². The predicted octanol–water partition coefficient (Wildman–Crippen LogP) is 4.04. The lowest BCUT2D eigenvalue weighted by molar-refractivity contribution is -0.384. The molecule has 0 spiro atoms. The van der Waals surface area contributed by atoms with E-state index in [1.54, 1.807) is 4.90 Å². The number of nitro benzene ring substituents is 1. The third kappa shape index (κ3) is 3.25. The average Bonchev–Trinajstić information content (AvgIpc) is 3.11. The summed E-state index contributed by atoms with van der Waals surface area (Å²) < 4.78 is 40.6. The monoisotopic (exact) mass is 391 g/mol. The molecular formula is C18H16F3N5O2. The molecule has 0 saturated carbocycles. The van der Waals surface area contributed by atoms with Gasteiger partial charge in [-0.25, -0.2) is 0 Å². The molecule has 1 aliphatic rings. The van der Waals surface area contributed by atoms with Crippen molar-refractivity contribution in [2.75, 3.05) is 18.0 Å². The summed E-state index contributed by atoms with van der Waals surface area (Å²) in [4.78, 5) is 12.3. The molecule has 1 fully saturated rings. The molecule has 7 nitrogen and oxygen atoms in total. The van der Waals surface area contributed by atoms with Crippen LogP contribution in [0.1, 0.15) is 30.1 Å². The van der Waals surface area contributed by atoms with E-state index in [0.717, 1.165) is 17.5 Å². The van der Waals surface area contributed by atoms with Gasteiger partial charge in [-0.15, -0.1) is 10.2 Å². The van der Waals surface area contributed by atoms with Crippen LogP contribution in [0, 0.1) is 10.1 Å². The zero-order valence-electron chi connectivity index (χ0n) is 14.6. The highest BCUT2D eigenvalue weighted by Crippen LogP contribution is 2.38. The fourth-order valence-corrected chi connectivity index (χ4v) is 3.63. The summed E-state index contributed by atoms with van der Waals surface area (Å²) in [6, 6.07) is 8.31. The molecule has 1 aromatic carbocycles. The zero-order chi connectivity index (χ0) is 19.9. The molecule has 2 aromatic heterocycles. The van der Waals surface area contributed by atoms with Crippen molar-refractivity contribution in [3.63, 3.8) is 0 Å². The molecule has 3 aromatic rings. The number of halogens is 3. The summed E-state index contributed by atoms with van der Waals surface area (Å²) in [6.07, 6.45) is -1.38. The maximum Gasteiger partial charge on any atom is 0.416 e. The number of benzene rings is 1. The summed E-state index contributed by atoms with van der Waals surface area (Å²) in [7, 11) is 0. The molecule has 1 aliphatic heterocycles. The SMILES string of the molecule is O=[N+]([O-])c1cc(C(F)(F)F)ccc1N1CCC(c2nnc3ccccn23)CC1. The minimum atomic E-state index is -4.62. The quantitative estimate of drug-likeness (QED) is 0.498. The van der Waals surface area contributed by atoms with Crippen molar-refractivity contribution in [2.24, 2.45) is 0 Å². The van der Waals surface area contributed by atoms with Crippen LogP contribution in [0.4, 0.5) is 24.5 Å². The minimum Gasteiger partial charge on any atom is -0.366 e. The van der Waals surface area contributed by atoms with E-state index < -0.39 is 22.4 Å². The number of nitro groups is 1.